The van der Waals surface area contributed by atoms with Gasteiger partial charge >= 0.3 is 0 Å². The Morgan fingerprint density at radius 3 is 2.75 bits per heavy atom. The minimum Gasteiger partial charge on any atom is -0.351 e. The van der Waals surface area contributed by atoms with Crippen LogP contribution >= 0.6 is 0 Å². The summed E-state index contributed by atoms with van der Waals surface area (Å²) in [4.78, 5) is 11.5. The van der Waals surface area contributed by atoms with Crippen molar-refractivity contribution >= 4 is 5.91 Å². The molecule has 68 valence electrons. The Hall–Kier alpha value is -0.610. The fraction of sp³-hybridized carbons (Fsp3) is 0.875. The maximum absolute atomic E-state index is 11.5. The lowest BCUT2D eigenvalue weighted by atomic mass is 10.1. The lowest BCUT2D eigenvalue weighted by Crippen LogP contribution is -2.46. The minimum atomic E-state index is -0.934. The molecule has 4 nitrogen and oxygen atoms in total. The van der Waals surface area contributed by atoms with Gasteiger partial charge in [-0.15, -0.1) is 0 Å². The van der Waals surface area contributed by atoms with Gasteiger partial charge in [0.2, 0.25) is 5.79 Å². The van der Waals surface area contributed by atoms with E-state index in [1.54, 1.807) is 0 Å². The topological polar surface area (TPSA) is 47.6 Å². The molecule has 2 aliphatic heterocycles. The van der Waals surface area contributed by atoms with Gasteiger partial charge in [0, 0.05) is 13.0 Å². The molecular formula is C8H13NO3. The quantitative estimate of drug-likeness (QED) is 0.559. The highest BCUT2D eigenvalue weighted by Crippen LogP contribution is 2.27. The first-order chi connectivity index (χ1) is 5.83. The van der Waals surface area contributed by atoms with Crippen LogP contribution in [0.15, 0.2) is 0 Å². The Morgan fingerprint density at radius 1 is 1.25 bits per heavy atom. The van der Waals surface area contributed by atoms with Gasteiger partial charge in [0.05, 0.1) is 13.2 Å². The zero-order valence-corrected chi connectivity index (χ0v) is 6.97. The van der Waals surface area contributed by atoms with E-state index in [9.17, 15) is 4.79 Å². The van der Waals surface area contributed by atoms with Gasteiger partial charge < -0.3 is 14.8 Å². The molecule has 0 atom stereocenters. The zero-order chi connectivity index (χ0) is 8.44. The molecule has 0 unspecified atom stereocenters. The summed E-state index contributed by atoms with van der Waals surface area (Å²) in [6.45, 7) is 1.81. The van der Waals surface area contributed by atoms with Crippen molar-refractivity contribution in [2.75, 3.05) is 19.8 Å². The van der Waals surface area contributed by atoms with Gasteiger partial charge in [-0.25, -0.2) is 0 Å². The number of hydrogen-bond acceptors (Lipinski definition) is 3. The average Bonchev–Trinajstić information content (AvgIpc) is 2.45. The monoisotopic (exact) mass is 171 g/mol. The highest BCUT2D eigenvalue weighted by Gasteiger charge is 2.44. The summed E-state index contributed by atoms with van der Waals surface area (Å²) >= 11 is 0. The summed E-state index contributed by atoms with van der Waals surface area (Å²) in [5, 5.41) is 2.79. The number of carbonyl (C=O) groups is 1. The number of nitrogens with one attached hydrogen (secondary N) is 1. The first-order valence-corrected chi connectivity index (χ1v) is 4.40. The third kappa shape index (κ3) is 1.21. The Morgan fingerprint density at radius 2 is 2.00 bits per heavy atom. The largest absolute Gasteiger partial charge is 0.351 e. The van der Waals surface area contributed by atoms with E-state index in [0.29, 0.717) is 19.6 Å². The van der Waals surface area contributed by atoms with E-state index in [4.69, 9.17) is 9.47 Å². The molecule has 0 aromatic heterocycles. The van der Waals surface area contributed by atoms with Crippen LogP contribution in [0.5, 0.6) is 0 Å². The molecule has 1 N–H and O–H groups in total. The van der Waals surface area contributed by atoms with E-state index in [-0.39, 0.29) is 5.91 Å². The SMILES string of the molecule is O=C1NCCCCC12OCCO2. The summed E-state index contributed by atoms with van der Waals surface area (Å²) in [6, 6.07) is 0. The number of carbonyl (C=O) groups excluding carboxylic acids is 1. The van der Waals surface area contributed by atoms with Crippen LogP contribution in [0.3, 0.4) is 0 Å². The van der Waals surface area contributed by atoms with Crippen molar-refractivity contribution in [3.05, 3.63) is 0 Å². The van der Waals surface area contributed by atoms with Gasteiger partial charge in [-0.3, -0.25) is 4.79 Å². The Balaban J connectivity index is 2.13. The molecule has 2 rings (SSSR count). The molecule has 1 spiro atoms. The molecule has 12 heavy (non-hydrogen) atoms. The van der Waals surface area contributed by atoms with Crippen molar-refractivity contribution in [3.8, 4) is 0 Å². The van der Waals surface area contributed by atoms with Crippen molar-refractivity contribution in [2.45, 2.75) is 25.0 Å². The maximum atomic E-state index is 11.5. The normalized spacial score (nSPS) is 28.5. The van der Waals surface area contributed by atoms with E-state index in [1.807, 2.05) is 0 Å². The average molecular weight is 171 g/mol. The molecule has 1 amide bonds. The minimum absolute atomic E-state index is 0.0995. The van der Waals surface area contributed by atoms with E-state index in [0.717, 1.165) is 19.4 Å². The third-order valence-electron chi connectivity index (χ3n) is 2.32. The van der Waals surface area contributed by atoms with E-state index < -0.39 is 5.79 Å². The molecular weight excluding hydrogens is 158 g/mol. The van der Waals surface area contributed by atoms with Crippen LogP contribution in [-0.4, -0.2) is 31.5 Å². The Bertz CT molecular complexity index is 187. The van der Waals surface area contributed by atoms with Crippen LogP contribution in [-0.2, 0) is 14.3 Å². The van der Waals surface area contributed by atoms with Crippen LogP contribution in [0.1, 0.15) is 19.3 Å². The highest BCUT2D eigenvalue weighted by molar-refractivity contribution is 5.84. The molecule has 0 bridgehead atoms. The maximum Gasteiger partial charge on any atom is 0.280 e. The molecule has 2 fully saturated rings. The lowest BCUT2D eigenvalue weighted by Gasteiger charge is -2.22. The molecule has 2 aliphatic rings. The van der Waals surface area contributed by atoms with Gasteiger partial charge in [0.1, 0.15) is 0 Å². The predicted octanol–water partition coefficient (Wildman–Crippen LogP) is 0.0296. The number of amides is 1. The number of hydrogen-bond donors (Lipinski definition) is 1. The van der Waals surface area contributed by atoms with E-state index in [1.165, 1.54) is 0 Å². The van der Waals surface area contributed by atoms with Crippen LogP contribution < -0.4 is 5.32 Å². The number of rotatable bonds is 0. The predicted molar refractivity (Wildman–Crippen MR) is 41.5 cm³/mol. The van der Waals surface area contributed by atoms with Crippen molar-refractivity contribution in [1.29, 1.82) is 0 Å². The van der Waals surface area contributed by atoms with Crippen molar-refractivity contribution in [1.82, 2.24) is 5.32 Å². The smallest absolute Gasteiger partial charge is 0.280 e. The van der Waals surface area contributed by atoms with E-state index >= 15 is 0 Å². The van der Waals surface area contributed by atoms with Gasteiger partial charge in [-0.1, -0.05) is 0 Å². The van der Waals surface area contributed by atoms with Crippen molar-refractivity contribution < 1.29 is 14.3 Å². The molecule has 2 saturated heterocycles. The van der Waals surface area contributed by atoms with Gasteiger partial charge in [-0.05, 0) is 12.8 Å². The second-order valence-corrected chi connectivity index (χ2v) is 3.16. The van der Waals surface area contributed by atoms with E-state index in [2.05, 4.69) is 5.32 Å². The molecule has 2 heterocycles. The summed E-state index contributed by atoms with van der Waals surface area (Å²) in [6.07, 6.45) is 2.69. The molecule has 0 radical (unpaired) electrons. The lowest BCUT2D eigenvalue weighted by molar-refractivity contribution is -0.183. The van der Waals surface area contributed by atoms with Crippen molar-refractivity contribution in [3.63, 3.8) is 0 Å². The summed E-state index contributed by atoms with van der Waals surface area (Å²) < 4.78 is 10.7. The molecule has 0 saturated carbocycles. The van der Waals surface area contributed by atoms with Crippen LogP contribution in [0.4, 0.5) is 0 Å². The summed E-state index contributed by atoms with van der Waals surface area (Å²) in [7, 11) is 0. The molecule has 0 aromatic rings. The Labute approximate surface area is 71.2 Å². The van der Waals surface area contributed by atoms with Crippen LogP contribution in [0, 0.1) is 0 Å². The van der Waals surface area contributed by atoms with Crippen molar-refractivity contribution in [2.24, 2.45) is 0 Å². The first kappa shape index (κ1) is 8.01. The van der Waals surface area contributed by atoms with Crippen LogP contribution in [0.25, 0.3) is 0 Å². The number of ether oxygens (including phenoxy) is 2. The van der Waals surface area contributed by atoms with Gasteiger partial charge in [0.15, 0.2) is 0 Å². The fourth-order valence-corrected chi connectivity index (χ4v) is 1.66. The van der Waals surface area contributed by atoms with Gasteiger partial charge in [0.25, 0.3) is 5.91 Å². The summed E-state index contributed by atoms with van der Waals surface area (Å²) in [5.41, 5.74) is 0. The van der Waals surface area contributed by atoms with Gasteiger partial charge in [-0.2, -0.15) is 0 Å². The third-order valence-corrected chi connectivity index (χ3v) is 2.32. The second-order valence-electron chi connectivity index (χ2n) is 3.16. The molecule has 0 aliphatic carbocycles. The fourth-order valence-electron chi connectivity index (χ4n) is 1.66. The summed E-state index contributed by atoms with van der Waals surface area (Å²) in [5.74, 6) is -1.03. The first-order valence-electron chi connectivity index (χ1n) is 4.40. The standard InChI is InChI=1S/C8H13NO3/c10-7-8(11-5-6-12-8)3-1-2-4-9-7/h1-6H2,(H,9,10). The highest BCUT2D eigenvalue weighted by atomic mass is 16.7. The Kier molecular flexibility index (Phi) is 2.02. The van der Waals surface area contributed by atoms with Crippen LogP contribution in [0.2, 0.25) is 0 Å². The second kappa shape index (κ2) is 3.03. The molecule has 4 heteroatoms. The zero-order valence-electron chi connectivity index (χ0n) is 6.97. The molecule has 0 aromatic carbocycles.